The highest BCUT2D eigenvalue weighted by atomic mass is 16.5. The summed E-state index contributed by atoms with van der Waals surface area (Å²) in [5.41, 5.74) is 2.39. The first-order valence-corrected chi connectivity index (χ1v) is 9.53. The summed E-state index contributed by atoms with van der Waals surface area (Å²) in [5.74, 6) is 1.39. The molecule has 1 atom stereocenters. The van der Waals surface area contributed by atoms with Crippen molar-refractivity contribution < 1.29 is 28.5 Å². The average molecular weight is 399 g/mol. The number of benzene rings is 2. The molecular weight excluding hydrogens is 374 g/mol. The van der Waals surface area contributed by atoms with Crippen LogP contribution in [-0.2, 0) is 22.5 Å². The zero-order chi connectivity index (χ0) is 20.8. The van der Waals surface area contributed by atoms with Crippen molar-refractivity contribution >= 4 is 11.9 Å². The second kappa shape index (κ2) is 9.32. The summed E-state index contributed by atoms with van der Waals surface area (Å²) in [6, 6.07) is 10.3. The van der Waals surface area contributed by atoms with Gasteiger partial charge in [-0.15, -0.1) is 0 Å². The van der Waals surface area contributed by atoms with Gasteiger partial charge in [0.25, 0.3) is 5.91 Å². The molecule has 0 aromatic heterocycles. The summed E-state index contributed by atoms with van der Waals surface area (Å²) in [6.07, 6.45) is 0.994. The smallest absolute Gasteiger partial charge is 0.337 e. The number of hydrogen-bond acceptors (Lipinski definition) is 6. The lowest BCUT2D eigenvalue weighted by Gasteiger charge is -2.13. The maximum Gasteiger partial charge on any atom is 0.337 e. The molecule has 1 heterocycles. The van der Waals surface area contributed by atoms with Crippen LogP contribution in [0.25, 0.3) is 0 Å². The molecule has 1 amide bonds. The van der Waals surface area contributed by atoms with Gasteiger partial charge in [-0.05, 0) is 50.2 Å². The largest absolute Gasteiger partial charge is 0.494 e. The minimum Gasteiger partial charge on any atom is -0.494 e. The highest BCUT2D eigenvalue weighted by molar-refractivity contribution is 5.89. The molecule has 0 saturated heterocycles. The number of carbonyl (C=O) groups excluding carboxylic acids is 2. The van der Waals surface area contributed by atoms with Gasteiger partial charge in [-0.25, -0.2) is 4.79 Å². The topological polar surface area (TPSA) is 83.1 Å². The Morgan fingerprint density at radius 1 is 1.17 bits per heavy atom. The fourth-order valence-corrected chi connectivity index (χ4v) is 3.11. The maximum atomic E-state index is 12.2. The van der Waals surface area contributed by atoms with Crippen LogP contribution in [0.15, 0.2) is 36.4 Å². The zero-order valence-corrected chi connectivity index (χ0v) is 16.8. The molecule has 0 spiro atoms. The molecule has 1 aliphatic heterocycles. The quantitative estimate of drug-likeness (QED) is 0.688. The van der Waals surface area contributed by atoms with E-state index in [0.717, 1.165) is 29.0 Å². The van der Waals surface area contributed by atoms with Gasteiger partial charge in [0.15, 0.2) is 6.61 Å². The minimum absolute atomic E-state index is 0.139. The van der Waals surface area contributed by atoms with Gasteiger partial charge in [-0.3, -0.25) is 4.79 Å². The SMILES string of the molecule is CCOc1cc2c(cc1CNC(=O)COc1ccc(C(=O)OC)cc1)O[C@H](C)C2. The summed E-state index contributed by atoms with van der Waals surface area (Å²) in [7, 11) is 1.32. The van der Waals surface area contributed by atoms with Crippen molar-refractivity contribution in [1.82, 2.24) is 5.32 Å². The number of rotatable bonds is 8. The van der Waals surface area contributed by atoms with Gasteiger partial charge in [0, 0.05) is 24.1 Å². The van der Waals surface area contributed by atoms with Gasteiger partial charge >= 0.3 is 5.97 Å². The van der Waals surface area contributed by atoms with Crippen LogP contribution in [0, 0.1) is 0 Å². The van der Waals surface area contributed by atoms with Crippen LogP contribution in [0.4, 0.5) is 0 Å². The highest BCUT2D eigenvalue weighted by Crippen LogP contribution is 2.35. The van der Waals surface area contributed by atoms with E-state index in [0.29, 0.717) is 24.5 Å². The van der Waals surface area contributed by atoms with Gasteiger partial charge < -0.3 is 24.3 Å². The summed E-state index contributed by atoms with van der Waals surface area (Å²) in [4.78, 5) is 23.6. The molecule has 3 rings (SSSR count). The Balaban J connectivity index is 1.55. The third kappa shape index (κ3) is 5.19. The Bertz CT molecular complexity index is 878. The first-order valence-electron chi connectivity index (χ1n) is 9.53. The van der Waals surface area contributed by atoms with Gasteiger partial charge in [0.05, 0.1) is 19.3 Å². The molecule has 2 aromatic rings. The molecule has 2 aromatic carbocycles. The Morgan fingerprint density at radius 2 is 1.93 bits per heavy atom. The maximum absolute atomic E-state index is 12.2. The summed E-state index contributed by atoms with van der Waals surface area (Å²) < 4.78 is 21.6. The van der Waals surface area contributed by atoms with E-state index >= 15 is 0 Å². The van der Waals surface area contributed by atoms with E-state index in [4.69, 9.17) is 14.2 Å². The normalized spacial score (nSPS) is 14.5. The average Bonchev–Trinajstić information content (AvgIpc) is 3.09. The molecule has 0 aliphatic carbocycles. The Labute approximate surface area is 169 Å². The van der Waals surface area contributed by atoms with Crippen LogP contribution in [0.1, 0.15) is 35.3 Å². The fourth-order valence-electron chi connectivity index (χ4n) is 3.11. The molecule has 154 valence electrons. The minimum atomic E-state index is -0.424. The first kappa shape index (κ1) is 20.5. The third-order valence-electron chi connectivity index (χ3n) is 4.50. The van der Waals surface area contributed by atoms with Crippen molar-refractivity contribution in [1.29, 1.82) is 0 Å². The lowest BCUT2D eigenvalue weighted by atomic mass is 10.1. The number of esters is 1. The van der Waals surface area contributed by atoms with Crippen molar-refractivity contribution in [2.75, 3.05) is 20.3 Å². The van der Waals surface area contributed by atoms with E-state index < -0.39 is 5.97 Å². The second-order valence-electron chi connectivity index (χ2n) is 6.71. The summed E-state index contributed by atoms with van der Waals surface area (Å²) in [5, 5.41) is 2.84. The predicted octanol–water partition coefficient (Wildman–Crippen LogP) is 2.89. The van der Waals surface area contributed by atoms with Gasteiger partial charge in [0.1, 0.15) is 23.4 Å². The third-order valence-corrected chi connectivity index (χ3v) is 4.50. The Morgan fingerprint density at radius 3 is 2.62 bits per heavy atom. The number of carbonyl (C=O) groups is 2. The molecule has 1 aliphatic rings. The monoisotopic (exact) mass is 399 g/mol. The Kier molecular flexibility index (Phi) is 6.59. The lowest BCUT2D eigenvalue weighted by Crippen LogP contribution is -2.28. The number of ether oxygens (including phenoxy) is 4. The molecule has 0 unspecified atom stereocenters. The van der Waals surface area contributed by atoms with Crippen LogP contribution in [0.2, 0.25) is 0 Å². The van der Waals surface area contributed by atoms with Crippen LogP contribution < -0.4 is 19.5 Å². The second-order valence-corrected chi connectivity index (χ2v) is 6.71. The Hall–Kier alpha value is -3.22. The highest BCUT2D eigenvalue weighted by Gasteiger charge is 2.22. The molecule has 0 saturated carbocycles. The van der Waals surface area contributed by atoms with E-state index in [-0.39, 0.29) is 18.6 Å². The molecule has 7 heteroatoms. The van der Waals surface area contributed by atoms with Gasteiger partial charge in [0.2, 0.25) is 0 Å². The lowest BCUT2D eigenvalue weighted by molar-refractivity contribution is -0.123. The molecule has 0 radical (unpaired) electrons. The molecule has 0 bridgehead atoms. The summed E-state index contributed by atoms with van der Waals surface area (Å²) in [6.45, 7) is 4.66. The molecule has 0 fully saturated rings. The first-order chi connectivity index (χ1) is 14.0. The van der Waals surface area contributed by atoms with E-state index in [9.17, 15) is 9.59 Å². The van der Waals surface area contributed by atoms with E-state index in [1.807, 2.05) is 26.0 Å². The van der Waals surface area contributed by atoms with Gasteiger partial charge in [-0.2, -0.15) is 0 Å². The number of hydrogen-bond donors (Lipinski definition) is 1. The molecule has 7 nitrogen and oxygen atoms in total. The van der Waals surface area contributed by atoms with E-state index in [1.165, 1.54) is 7.11 Å². The predicted molar refractivity (Wildman–Crippen MR) is 107 cm³/mol. The van der Waals surface area contributed by atoms with Crippen LogP contribution >= 0.6 is 0 Å². The fraction of sp³-hybridized carbons (Fsp3) is 0.364. The van der Waals surface area contributed by atoms with E-state index in [2.05, 4.69) is 10.1 Å². The van der Waals surface area contributed by atoms with Crippen molar-refractivity contribution in [3.05, 3.63) is 53.1 Å². The van der Waals surface area contributed by atoms with Crippen molar-refractivity contribution in [3.8, 4) is 17.2 Å². The summed E-state index contributed by atoms with van der Waals surface area (Å²) >= 11 is 0. The number of amides is 1. The molecular formula is C22H25NO6. The number of fused-ring (bicyclic) bond motifs is 1. The van der Waals surface area contributed by atoms with Crippen LogP contribution in [-0.4, -0.2) is 38.3 Å². The van der Waals surface area contributed by atoms with Crippen LogP contribution in [0.3, 0.4) is 0 Å². The zero-order valence-electron chi connectivity index (χ0n) is 16.8. The molecule has 1 N–H and O–H groups in total. The molecule has 29 heavy (non-hydrogen) atoms. The van der Waals surface area contributed by atoms with Crippen LogP contribution in [0.5, 0.6) is 17.2 Å². The van der Waals surface area contributed by atoms with Crippen molar-refractivity contribution in [3.63, 3.8) is 0 Å². The van der Waals surface area contributed by atoms with E-state index in [1.54, 1.807) is 24.3 Å². The van der Waals surface area contributed by atoms with Crippen molar-refractivity contribution in [2.45, 2.75) is 32.9 Å². The standard InChI is InChI=1S/C22H25NO6/c1-4-27-19-10-16-9-14(2)29-20(16)11-17(19)12-23-21(24)13-28-18-7-5-15(6-8-18)22(25)26-3/h5-8,10-11,14H,4,9,12-13H2,1-3H3,(H,23,24)/t14-/m1/s1. The van der Waals surface area contributed by atoms with Gasteiger partial charge in [-0.1, -0.05) is 0 Å². The van der Waals surface area contributed by atoms with Crippen molar-refractivity contribution in [2.24, 2.45) is 0 Å². The number of nitrogens with one attached hydrogen (secondary N) is 1. The number of methoxy groups -OCH3 is 1.